The third-order valence-electron chi connectivity index (χ3n) is 3.77. The number of aliphatic hydroxyl groups excluding tert-OH is 1. The maximum absolute atomic E-state index is 10.8. The molecule has 0 aliphatic rings. The van der Waals surface area contributed by atoms with Crippen LogP contribution in [-0.4, -0.2) is 33.8 Å². The normalized spacial score (nSPS) is 13.0. The number of nitrogens with zero attached hydrogens (tertiary/aromatic N) is 2. The fraction of sp³-hybridized carbons (Fsp3) is 0.333. The number of carboxylic acids is 1. The highest BCUT2D eigenvalue weighted by molar-refractivity contribution is 5.74. The first-order valence-electron chi connectivity index (χ1n) is 7.93. The van der Waals surface area contributed by atoms with Gasteiger partial charge in [0.2, 0.25) is 0 Å². The summed E-state index contributed by atoms with van der Waals surface area (Å²) in [4.78, 5) is 25.5. The first kappa shape index (κ1) is 18.5. The Morgan fingerprint density at radius 1 is 1.20 bits per heavy atom. The predicted molar refractivity (Wildman–Crippen MR) is 91.4 cm³/mol. The lowest BCUT2D eigenvalue weighted by Crippen LogP contribution is -2.19. The number of aliphatic hydroxyl groups is 1. The fourth-order valence-electron chi connectivity index (χ4n) is 2.22. The van der Waals surface area contributed by atoms with Crippen molar-refractivity contribution in [1.82, 2.24) is 4.98 Å². The van der Waals surface area contributed by atoms with Crippen LogP contribution in [-0.2, 0) is 17.6 Å². The minimum Gasteiger partial charge on any atom is -0.490 e. The number of carboxylic acid groups (broad SMARTS) is 1. The SMILES string of the molecule is CCc1ccc(C(O)COc2ccc(CC(N=O)C(=O)O)cc2)nc1. The van der Waals surface area contributed by atoms with E-state index < -0.39 is 18.1 Å². The molecule has 7 heteroatoms. The number of ether oxygens (including phenoxy) is 1. The molecule has 0 spiro atoms. The van der Waals surface area contributed by atoms with Crippen molar-refractivity contribution in [3.63, 3.8) is 0 Å². The zero-order valence-electron chi connectivity index (χ0n) is 13.8. The van der Waals surface area contributed by atoms with Crippen LogP contribution in [0.25, 0.3) is 0 Å². The molecule has 1 heterocycles. The number of aliphatic carboxylic acids is 1. The van der Waals surface area contributed by atoms with E-state index in [0.717, 1.165) is 12.0 Å². The van der Waals surface area contributed by atoms with E-state index in [9.17, 15) is 14.8 Å². The average molecular weight is 344 g/mol. The number of aryl methyl sites for hydroxylation is 1. The first-order valence-corrected chi connectivity index (χ1v) is 7.93. The third kappa shape index (κ3) is 5.36. The number of aromatic nitrogens is 1. The van der Waals surface area contributed by atoms with E-state index in [1.54, 1.807) is 36.5 Å². The van der Waals surface area contributed by atoms with E-state index >= 15 is 0 Å². The zero-order chi connectivity index (χ0) is 18.2. The van der Waals surface area contributed by atoms with E-state index in [1.165, 1.54) is 0 Å². The Bertz CT molecular complexity index is 700. The van der Waals surface area contributed by atoms with E-state index in [1.807, 2.05) is 13.0 Å². The standard InChI is InChI=1S/C18H20N2O5/c1-2-12-5-8-15(19-10-12)17(21)11-25-14-6-3-13(4-7-14)9-16(20-24)18(22)23/h3-8,10,16-17,21H,2,9,11H2,1H3,(H,22,23). The number of benzene rings is 1. The lowest BCUT2D eigenvalue weighted by atomic mass is 10.1. The molecule has 0 saturated carbocycles. The number of carbonyl (C=O) groups is 1. The molecule has 1 aromatic carbocycles. The molecule has 2 rings (SSSR count). The lowest BCUT2D eigenvalue weighted by Gasteiger charge is -2.13. The molecule has 2 N–H and O–H groups in total. The molecule has 25 heavy (non-hydrogen) atoms. The van der Waals surface area contributed by atoms with Crippen molar-refractivity contribution in [2.45, 2.75) is 31.9 Å². The highest BCUT2D eigenvalue weighted by Crippen LogP contribution is 2.17. The Balaban J connectivity index is 1.90. The molecule has 0 radical (unpaired) electrons. The molecule has 0 aliphatic heterocycles. The maximum atomic E-state index is 10.8. The van der Waals surface area contributed by atoms with Crippen molar-refractivity contribution in [1.29, 1.82) is 0 Å². The van der Waals surface area contributed by atoms with Gasteiger partial charge in [-0.05, 0) is 35.7 Å². The summed E-state index contributed by atoms with van der Waals surface area (Å²) < 4.78 is 5.52. The van der Waals surface area contributed by atoms with Gasteiger partial charge in [-0.1, -0.05) is 30.3 Å². The zero-order valence-corrected chi connectivity index (χ0v) is 13.8. The molecular formula is C18H20N2O5. The minimum absolute atomic E-state index is 0.0232. The van der Waals surface area contributed by atoms with Gasteiger partial charge in [-0.15, -0.1) is 4.91 Å². The van der Waals surface area contributed by atoms with Crippen LogP contribution in [0.15, 0.2) is 47.8 Å². The molecule has 2 aromatic rings. The summed E-state index contributed by atoms with van der Waals surface area (Å²) in [5.41, 5.74) is 2.30. The van der Waals surface area contributed by atoms with Crippen LogP contribution in [0.2, 0.25) is 0 Å². The molecule has 0 fully saturated rings. The molecule has 132 valence electrons. The minimum atomic E-state index is -1.30. The maximum Gasteiger partial charge on any atom is 0.332 e. The van der Waals surface area contributed by atoms with Crippen LogP contribution in [0.3, 0.4) is 0 Å². The van der Waals surface area contributed by atoms with Crippen molar-refractivity contribution in [2.75, 3.05) is 6.61 Å². The molecule has 0 amide bonds. The molecular weight excluding hydrogens is 324 g/mol. The van der Waals surface area contributed by atoms with Gasteiger partial charge in [0.05, 0.1) is 5.69 Å². The molecule has 0 saturated heterocycles. The summed E-state index contributed by atoms with van der Waals surface area (Å²) in [5, 5.41) is 21.5. The van der Waals surface area contributed by atoms with Gasteiger partial charge in [-0.2, -0.15) is 0 Å². The number of pyridine rings is 1. The summed E-state index contributed by atoms with van der Waals surface area (Å²) in [6.07, 6.45) is 1.79. The number of hydrogen-bond donors (Lipinski definition) is 2. The van der Waals surface area contributed by atoms with Gasteiger partial charge < -0.3 is 14.9 Å². The molecule has 0 bridgehead atoms. The molecule has 0 aliphatic carbocycles. The van der Waals surface area contributed by atoms with Crippen molar-refractivity contribution < 1.29 is 19.7 Å². The van der Waals surface area contributed by atoms with Crippen molar-refractivity contribution in [3.05, 3.63) is 64.3 Å². The van der Waals surface area contributed by atoms with Gasteiger partial charge in [0.1, 0.15) is 18.5 Å². The Morgan fingerprint density at radius 3 is 2.40 bits per heavy atom. The van der Waals surface area contributed by atoms with Gasteiger partial charge in [0.25, 0.3) is 0 Å². The van der Waals surface area contributed by atoms with E-state index in [4.69, 9.17) is 9.84 Å². The van der Waals surface area contributed by atoms with Crippen LogP contribution >= 0.6 is 0 Å². The fourth-order valence-corrected chi connectivity index (χ4v) is 2.22. The van der Waals surface area contributed by atoms with Crippen LogP contribution < -0.4 is 4.74 Å². The number of rotatable bonds is 9. The second kappa shape index (κ2) is 8.89. The number of hydrogen-bond acceptors (Lipinski definition) is 6. The lowest BCUT2D eigenvalue weighted by molar-refractivity contribution is -0.138. The number of nitroso groups, excluding NO2 is 1. The Labute approximate surface area is 145 Å². The van der Waals surface area contributed by atoms with Crippen molar-refractivity contribution >= 4 is 5.97 Å². The van der Waals surface area contributed by atoms with Crippen LogP contribution in [0.5, 0.6) is 5.75 Å². The largest absolute Gasteiger partial charge is 0.490 e. The molecule has 1 aromatic heterocycles. The molecule has 7 nitrogen and oxygen atoms in total. The average Bonchev–Trinajstić information content (AvgIpc) is 2.64. The van der Waals surface area contributed by atoms with Gasteiger partial charge in [-0.25, -0.2) is 4.79 Å². The van der Waals surface area contributed by atoms with Crippen LogP contribution in [0.4, 0.5) is 0 Å². The van der Waals surface area contributed by atoms with Gasteiger partial charge in [-0.3, -0.25) is 4.98 Å². The van der Waals surface area contributed by atoms with Gasteiger partial charge in [0, 0.05) is 12.6 Å². The van der Waals surface area contributed by atoms with Crippen LogP contribution in [0, 0.1) is 4.91 Å². The van der Waals surface area contributed by atoms with E-state index in [-0.39, 0.29) is 13.0 Å². The van der Waals surface area contributed by atoms with E-state index in [0.29, 0.717) is 17.0 Å². The summed E-state index contributed by atoms with van der Waals surface area (Å²) in [5.74, 6) is -0.723. The van der Waals surface area contributed by atoms with Crippen LogP contribution in [0.1, 0.15) is 29.8 Å². The van der Waals surface area contributed by atoms with Crippen molar-refractivity contribution in [2.24, 2.45) is 5.18 Å². The topological polar surface area (TPSA) is 109 Å². The predicted octanol–water partition coefficient (Wildman–Crippen LogP) is 2.52. The third-order valence-corrected chi connectivity index (χ3v) is 3.77. The monoisotopic (exact) mass is 344 g/mol. The Morgan fingerprint density at radius 2 is 1.88 bits per heavy atom. The van der Waals surface area contributed by atoms with E-state index in [2.05, 4.69) is 10.2 Å². The summed E-state index contributed by atoms with van der Waals surface area (Å²) >= 11 is 0. The quantitative estimate of drug-likeness (QED) is 0.677. The molecule has 2 atom stereocenters. The van der Waals surface area contributed by atoms with Crippen molar-refractivity contribution in [3.8, 4) is 5.75 Å². The first-order chi connectivity index (χ1) is 12.0. The smallest absolute Gasteiger partial charge is 0.332 e. The summed E-state index contributed by atoms with van der Waals surface area (Å²) in [7, 11) is 0. The summed E-state index contributed by atoms with van der Waals surface area (Å²) in [6, 6.07) is 9.02. The summed E-state index contributed by atoms with van der Waals surface area (Å²) in [6.45, 7) is 2.08. The highest BCUT2D eigenvalue weighted by Gasteiger charge is 2.18. The van der Waals surface area contributed by atoms with Gasteiger partial charge >= 0.3 is 5.97 Å². The molecule has 2 unspecified atom stereocenters. The Hall–Kier alpha value is -2.80. The highest BCUT2D eigenvalue weighted by atomic mass is 16.5. The van der Waals surface area contributed by atoms with Gasteiger partial charge in [0.15, 0.2) is 6.04 Å². The second-order valence-electron chi connectivity index (χ2n) is 5.58. The second-order valence-corrected chi connectivity index (χ2v) is 5.58. The Kier molecular flexibility index (Phi) is 6.59.